The molecular weight excluding hydrogens is 351 g/mol. The van der Waals surface area contributed by atoms with E-state index in [4.69, 9.17) is 0 Å². The highest BCUT2D eigenvalue weighted by atomic mass is 32.1. The van der Waals surface area contributed by atoms with E-state index in [2.05, 4.69) is 5.10 Å². The zero-order valence-corrected chi connectivity index (χ0v) is 14.5. The smallest absolute Gasteiger partial charge is 0.329 e. The van der Waals surface area contributed by atoms with Crippen molar-refractivity contribution in [2.75, 3.05) is 13.1 Å². The number of aryl methyl sites for hydroxylation is 1. The molecule has 0 spiro atoms. The normalized spacial score (nSPS) is 11.9. The van der Waals surface area contributed by atoms with E-state index in [1.165, 1.54) is 6.92 Å². The van der Waals surface area contributed by atoms with Gasteiger partial charge >= 0.3 is 6.18 Å². The van der Waals surface area contributed by atoms with Crippen LogP contribution in [-0.4, -0.2) is 39.9 Å². The molecule has 0 aliphatic heterocycles. The van der Waals surface area contributed by atoms with Gasteiger partial charge in [-0.25, -0.2) is 4.68 Å². The fourth-order valence-electron chi connectivity index (χ4n) is 2.60. The standard InChI is InChI=1S/C17H16F3N3OS/c1-3-22(10-17(18,19)20)15(24)14-9-13-11(2)21-23(16(13)25-14)12-7-5-4-6-8-12/h4-9H,3,10H2,1-2H3. The van der Waals surface area contributed by atoms with Crippen molar-refractivity contribution >= 4 is 27.5 Å². The fraction of sp³-hybridized carbons (Fsp3) is 0.294. The monoisotopic (exact) mass is 367 g/mol. The van der Waals surface area contributed by atoms with Crippen LogP contribution in [0.25, 0.3) is 15.9 Å². The highest BCUT2D eigenvalue weighted by molar-refractivity contribution is 7.20. The van der Waals surface area contributed by atoms with E-state index in [1.807, 2.05) is 37.3 Å². The molecule has 0 aliphatic rings. The van der Waals surface area contributed by atoms with E-state index in [1.54, 1.807) is 10.7 Å². The van der Waals surface area contributed by atoms with E-state index < -0.39 is 18.6 Å². The van der Waals surface area contributed by atoms with Crippen LogP contribution in [0.3, 0.4) is 0 Å². The molecule has 3 aromatic rings. The van der Waals surface area contributed by atoms with Crippen molar-refractivity contribution in [3.63, 3.8) is 0 Å². The van der Waals surface area contributed by atoms with E-state index in [-0.39, 0.29) is 11.4 Å². The maximum Gasteiger partial charge on any atom is 0.406 e. The molecule has 0 N–H and O–H groups in total. The predicted octanol–water partition coefficient (Wildman–Crippen LogP) is 4.42. The van der Waals surface area contributed by atoms with Crippen LogP contribution in [-0.2, 0) is 0 Å². The molecule has 2 heterocycles. The first-order valence-corrected chi connectivity index (χ1v) is 8.52. The second-order valence-corrected chi connectivity index (χ2v) is 6.63. The molecule has 0 fully saturated rings. The summed E-state index contributed by atoms with van der Waals surface area (Å²) in [5.74, 6) is -0.611. The second kappa shape index (κ2) is 6.51. The summed E-state index contributed by atoms with van der Waals surface area (Å²) in [6.45, 7) is 2.10. The van der Waals surface area contributed by atoms with Crippen LogP contribution in [0.5, 0.6) is 0 Å². The molecule has 1 aromatic carbocycles. The summed E-state index contributed by atoms with van der Waals surface area (Å²) in [4.78, 5) is 14.3. The average Bonchev–Trinajstić information content (AvgIpc) is 3.13. The third kappa shape index (κ3) is 3.53. The van der Waals surface area contributed by atoms with Gasteiger partial charge in [0.1, 0.15) is 11.4 Å². The number of nitrogens with zero attached hydrogens (tertiary/aromatic N) is 3. The van der Waals surface area contributed by atoms with Crippen molar-refractivity contribution in [1.29, 1.82) is 0 Å². The molecule has 0 bridgehead atoms. The number of carbonyl (C=O) groups is 1. The van der Waals surface area contributed by atoms with E-state index in [0.717, 1.165) is 37.8 Å². The molecule has 0 aliphatic carbocycles. The number of hydrogen-bond donors (Lipinski definition) is 0. The number of alkyl halides is 3. The number of rotatable bonds is 4. The van der Waals surface area contributed by atoms with E-state index in [0.29, 0.717) is 0 Å². The molecule has 1 amide bonds. The highest BCUT2D eigenvalue weighted by Gasteiger charge is 2.33. The molecule has 8 heteroatoms. The Morgan fingerprint density at radius 2 is 1.96 bits per heavy atom. The molecular formula is C17H16F3N3OS. The summed E-state index contributed by atoms with van der Waals surface area (Å²) >= 11 is 1.16. The summed E-state index contributed by atoms with van der Waals surface area (Å²) in [5, 5.41) is 5.25. The van der Waals surface area contributed by atoms with Gasteiger partial charge in [0.05, 0.1) is 16.3 Å². The molecule has 0 atom stereocenters. The summed E-state index contributed by atoms with van der Waals surface area (Å²) in [6.07, 6.45) is -4.42. The number of halogens is 3. The lowest BCUT2D eigenvalue weighted by Gasteiger charge is -2.21. The van der Waals surface area contributed by atoms with Gasteiger partial charge in [0.2, 0.25) is 0 Å². The van der Waals surface area contributed by atoms with Gasteiger partial charge in [-0.3, -0.25) is 4.79 Å². The van der Waals surface area contributed by atoms with Crippen molar-refractivity contribution in [3.05, 3.63) is 47.0 Å². The Kier molecular flexibility index (Phi) is 4.55. The predicted molar refractivity (Wildman–Crippen MR) is 91.3 cm³/mol. The number of para-hydroxylation sites is 1. The van der Waals surface area contributed by atoms with Crippen LogP contribution >= 0.6 is 11.3 Å². The number of benzene rings is 1. The molecule has 2 aromatic heterocycles. The van der Waals surface area contributed by atoms with Crippen molar-refractivity contribution in [2.45, 2.75) is 20.0 Å². The Bertz CT molecular complexity index is 899. The zero-order valence-electron chi connectivity index (χ0n) is 13.7. The Morgan fingerprint density at radius 1 is 1.28 bits per heavy atom. The van der Waals surface area contributed by atoms with Gasteiger partial charge in [-0.2, -0.15) is 18.3 Å². The largest absolute Gasteiger partial charge is 0.406 e. The Hall–Kier alpha value is -2.35. The topological polar surface area (TPSA) is 38.1 Å². The van der Waals surface area contributed by atoms with Gasteiger partial charge < -0.3 is 4.90 Å². The molecule has 4 nitrogen and oxygen atoms in total. The first-order chi connectivity index (χ1) is 11.8. The zero-order chi connectivity index (χ0) is 18.2. The Labute approximate surface area is 146 Å². The van der Waals surface area contributed by atoms with Crippen LogP contribution < -0.4 is 0 Å². The van der Waals surface area contributed by atoms with Crippen LogP contribution in [0.2, 0.25) is 0 Å². The number of hydrogen-bond acceptors (Lipinski definition) is 3. The maximum absolute atomic E-state index is 12.7. The third-order valence-corrected chi connectivity index (χ3v) is 4.89. The third-order valence-electron chi connectivity index (χ3n) is 3.80. The quantitative estimate of drug-likeness (QED) is 0.685. The van der Waals surface area contributed by atoms with Crippen molar-refractivity contribution in [3.8, 4) is 5.69 Å². The maximum atomic E-state index is 12.7. The number of fused-ring (bicyclic) bond motifs is 1. The highest BCUT2D eigenvalue weighted by Crippen LogP contribution is 2.31. The molecule has 25 heavy (non-hydrogen) atoms. The number of thiophene rings is 1. The van der Waals surface area contributed by atoms with Gasteiger partial charge in [-0.05, 0) is 32.0 Å². The van der Waals surface area contributed by atoms with Gasteiger partial charge in [0, 0.05) is 11.9 Å². The Balaban J connectivity index is 2.00. The van der Waals surface area contributed by atoms with Crippen LogP contribution in [0.1, 0.15) is 22.3 Å². The Morgan fingerprint density at radius 3 is 2.56 bits per heavy atom. The molecule has 0 unspecified atom stereocenters. The minimum absolute atomic E-state index is 0.00359. The molecule has 0 saturated carbocycles. The SMILES string of the molecule is CCN(CC(F)(F)F)C(=O)c1cc2c(C)nn(-c3ccccc3)c2s1. The van der Waals surface area contributed by atoms with Crippen LogP contribution in [0.15, 0.2) is 36.4 Å². The van der Waals surface area contributed by atoms with Crippen molar-refractivity contribution in [1.82, 2.24) is 14.7 Å². The number of carbonyl (C=O) groups excluding carboxylic acids is 1. The van der Waals surface area contributed by atoms with Crippen molar-refractivity contribution in [2.24, 2.45) is 0 Å². The molecule has 3 rings (SSSR count). The lowest BCUT2D eigenvalue weighted by molar-refractivity contribution is -0.140. The minimum atomic E-state index is -4.42. The van der Waals surface area contributed by atoms with Crippen molar-refractivity contribution < 1.29 is 18.0 Å². The second-order valence-electron chi connectivity index (χ2n) is 5.60. The van der Waals surface area contributed by atoms with Gasteiger partial charge in [0.15, 0.2) is 0 Å². The van der Waals surface area contributed by atoms with Crippen LogP contribution in [0.4, 0.5) is 13.2 Å². The molecule has 0 radical (unpaired) electrons. The first kappa shape index (κ1) is 17.5. The summed E-state index contributed by atoms with van der Waals surface area (Å²) < 4.78 is 39.7. The minimum Gasteiger partial charge on any atom is -0.329 e. The lowest BCUT2D eigenvalue weighted by atomic mass is 10.3. The number of amides is 1. The van der Waals surface area contributed by atoms with Gasteiger partial charge in [-0.15, -0.1) is 11.3 Å². The van der Waals surface area contributed by atoms with Gasteiger partial charge in [0.25, 0.3) is 5.91 Å². The molecule has 0 saturated heterocycles. The average molecular weight is 367 g/mol. The summed E-state index contributed by atoms with van der Waals surface area (Å²) in [5.41, 5.74) is 1.57. The summed E-state index contributed by atoms with van der Waals surface area (Å²) in [6, 6.07) is 11.0. The number of aromatic nitrogens is 2. The fourth-order valence-corrected chi connectivity index (χ4v) is 3.75. The first-order valence-electron chi connectivity index (χ1n) is 7.70. The van der Waals surface area contributed by atoms with Gasteiger partial charge in [-0.1, -0.05) is 18.2 Å². The lowest BCUT2D eigenvalue weighted by Crippen LogP contribution is -2.38. The summed E-state index contributed by atoms with van der Waals surface area (Å²) in [7, 11) is 0. The van der Waals surface area contributed by atoms with Crippen LogP contribution in [0, 0.1) is 6.92 Å². The molecule has 132 valence electrons. The van der Waals surface area contributed by atoms with E-state index in [9.17, 15) is 18.0 Å². The van der Waals surface area contributed by atoms with E-state index >= 15 is 0 Å².